The molecule has 3 rings (SSSR count). The number of aryl methyl sites for hydroxylation is 1. The van der Waals surface area contributed by atoms with Crippen molar-refractivity contribution in [2.75, 3.05) is 18.5 Å². The summed E-state index contributed by atoms with van der Waals surface area (Å²) in [5.41, 5.74) is 1.94. The molecule has 9 nitrogen and oxygen atoms in total. The zero-order valence-electron chi connectivity index (χ0n) is 17.4. The van der Waals surface area contributed by atoms with Gasteiger partial charge in [-0.1, -0.05) is 18.2 Å². The van der Waals surface area contributed by atoms with Crippen molar-refractivity contribution < 1.29 is 19.1 Å². The van der Waals surface area contributed by atoms with Gasteiger partial charge in [0.2, 0.25) is 0 Å². The van der Waals surface area contributed by atoms with Crippen molar-refractivity contribution in [3.05, 3.63) is 65.2 Å². The van der Waals surface area contributed by atoms with E-state index in [0.717, 1.165) is 0 Å². The summed E-state index contributed by atoms with van der Waals surface area (Å²) in [6.45, 7) is 5.29. The Labute approximate surface area is 178 Å². The number of esters is 2. The quantitative estimate of drug-likeness (QED) is 0.459. The molecule has 0 bridgehead atoms. The summed E-state index contributed by atoms with van der Waals surface area (Å²) in [5.74, 6) is -1.43. The minimum Gasteiger partial charge on any atom is -0.462 e. The Morgan fingerprint density at radius 1 is 1.10 bits per heavy atom. The highest BCUT2D eigenvalue weighted by Gasteiger charge is 2.28. The summed E-state index contributed by atoms with van der Waals surface area (Å²) >= 11 is 0. The minimum atomic E-state index is -0.717. The fourth-order valence-corrected chi connectivity index (χ4v) is 3.00. The maximum Gasteiger partial charge on any atom is 0.355 e. The number of fused-ring (bicyclic) bond motifs is 1. The van der Waals surface area contributed by atoms with Crippen LogP contribution in [0.3, 0.4) is 0 Å². The Morgan fingerprint density at radius 2 is 1.77 bits per heavy atom. The molecule has 0 saturated heterocycles. The number of hydrogen-bond donors (Lipinski definition) is 1. The van der Waals surface area contributed by atoms with Crippen molar-refractivity contribution in [2.24, 2.45) is 0 Å². The third kappa shape index (κ3) is 4.38. The second-order valence-corrected chi connectivity index (χ2v) is 6.34. The fraction of sp³-hybridized carbons (Fsp3) is 0.227. The molecule has 0 atom stereocenters. The second-order valence-electron chi connectivity index (χ2n) is 6.34. The number of rotatable bonds is 7. The second kappa shape index (κ2) is 9.54. The summed E-state index contributed by atoms with van der Waals surface area (Å²) in [5, 5.41) is 16.4. The van der Waals surface area contributed by atoms with E-state index in [1.54, 1.807) is 45.0 Å². The van der Waals surface area contributed by atoms with Crippen LogP contribution in [0.1, 0.15) is 30.7 Å². The van der Waals surface area contributed by atoms with Crippen LogP contribution in [0, 0.1) is 18.3 Å². The molecule has 3 aromatic rings. The molecule has 2 heterocycles. The van der Waals surface area contributed by atoms with E-state index in [-0.39, 0.29) is 24.5 Å². The van der Waals surface area contributed by atoms with Gasteiger partial charge in [0, 0.05) is 17.4 Å². The van der Waals surface area contributed by atoms with Crippen molar-refractivity contribution in [1.29, 1.82) is 5.26 Å². The molecule has 0 aliphatic heterocycles. The average molecular weight is 419 g/mol. The van der Waals surface area contributed by atoms with Crippen molar-refractivity contribution in [2.45, 2.75) is 20.8 Å². The SMILES string of the molecule is CCOC(=O)/C(Nc1ccccc1)=C(\C(=O)OCC)c1cnc2c(C#N)cnn2c1C. The number of ether oxygens (including phenoxy) is 2. The predicted molar refractivity (Wildman–Crippen MR) is 113 cm³/mol. The maximum absolute atomic E-state index is 13.0. The fourth-order valence-electron chi connectivity index (χ4n) is 3.00. The Balaban J connectivity index is 2.28. The van der Waals surface area contributed by atoms with E-state index in [2.05, 4.69) is 15.4 Å². The van der Waals surface area contributed by atoms with Crippen LogP contribution in [0.15, 0.2) is 48.4 Å². The molecule has 0 unspecified atom stereocenters. The van der Waals surface area contributed by atoms with E-state index in [1.807, 2.05) is 12.1 Å². The van der Waals surface area contributed by atoms with Gasteiger partial charge in [0.15, 0.2) is 5.65 Å². The molecule has 9 heteroatoms. The van der Waals surface area contributed by atoms with Crippen LogP contribution >= 0.6 is 0 Å². The van der Waals surface area contributed by atoms with Gasteiger partial charge in [-0.25, -0.2) is 19.1 Å². The van der Waals surface area contributed by atoms with E-state index in [1.165, 1.54) is 16.9 Å². The van der Waals surface area contributed by atoms with Gasteiger partial charge in [-0.3, -0.25) is 0 Å². The Kier molecular flexibility index (Phi) is 6.62. The van der Waals surface area contributed by atoms with Gasteiger partial charge >= 0.3 is 11.9 Å². The monoisotopic (exact) mass is 419 g/mol. The van der Waals surface area contributed by atoms with Gasteiger partial charge in [0.05, 0.1) is 25.1 Å². The van der Waals surface area contributed by atoms with Crippen LogP contribution in [0.5, 0.6) is 0 Å². The highest BCUT2D eigenvalue weighted by Crippen LogP contribution is 2.26. The van der Waals surface area contributed by atoms with Gasteiger partial charge in [-0.15, -0.1) is 0 Å². The summed E-state index contributed by atoms with van der Waals surface area (Å²) in [4.78, 5) is 30.1. The normalized spacial score (nSPS) is 11.4. The molecule has 0 amide bonds. The van der Waals surface area contributed by atoms with Crippen molar-refractivity contribution in [1.82, 2.24) is 14.6 Å². The Bertz CT molecular complexity index is 1190. The summed E-state index contributed by atoms with van der Waals surface area (Å²) < 4.78 is 11.9. The Morgan fingerprint density at radius 3 is 2.42 bits per heavy atom. The lowest BCUT2D eigenvalue weighted by Crippen LogP contribution is -2.22. The molecule has 0 aliphatic rings. The van der Waals surface area contributed by atoms with E-state index < -0.39 is 11.9 Å². The van der Waals surface area contributed by atoms with Gasteiger partial charge in [0.1, 0.15) is 22.9 Å². The molecule has 0 spiro atoms. The van der Waals surface area contributed by atoms with Gasteiger partial charge < -0.3 is 14.8 Å². The number of para-hydroxylation sites is 1. The number of nitrogens with one attached hydrogen (secondary N) is 1. The average Bonchev–Trinajstić information content (AvgIpc) is 3.20. The van der Waals surface area contributed by atoms with Crippen LogP contribution < -0.4 is 5.32 Å². The van der Waals surface area contributed by atoms with Crippen LogP contribution in [-0.4, -0.2) is 39.8 Å². The standard InChI is InChI=1S/C22H21N5O4/c1-4-30-21(28)18(17-13-24-20-15(11-23)12-25-27(20)14(17)3)19(22(29)31-5-2)26-16-9-7-6-8-10-16/h6-10,12-13,26H,4-5H2,1-3H3/b19-18+. The maximum atomic E-state index is 13.0. The first-order valence-corrected chi connectivity index (χ1v) is 9.66. The predicted octanol–water partition coefficient (Wildman–Crippen LogP) is 2.86. The molecule has 1 N–H and O–H groups in total. The van der Waals surface area contributed by atoms with E-state index >= 15 is 0 Å². The lowest BCUT2D eigenvalue weighted by molar-refractivity contribution is -0.140. The molecular weight excluding hydrogens is 398 g/mol. The molecule has 31 heavy (non-hydrogen) atoms. The molecule has 0 saturated carbocycles. The number of anilines is 1. The number of nitrogens with zero attached hydrogens (tertiary/aromatic N) is 4. The molecule has 158 valence electrons. The Hall–Kier alpha value is -4.19. The van der Waals surface area contributed by atoms with E-state index in [4.69, 9.17) is 9.47 Å². The van der Waals surface area contributed by atoms with Crippen molar-refractivity contribution >= 4 is 28.8 Å². The highest BCUT2D eigenvalue weighted by molar-refractivity contribution is 6.24. The number of nitriles is 1. The van der Waals surface area contributed by atoms with Crippen LogP contribution in [-0.2, 0) is 19.1 Å². The molecule has 0 aliphatic carbocycles. The van der Waals surface area contributed by atoms with E-state index in [0.29, 0.717) is 28.2 Å². The van der Waals surface area contributed by atoms with Crippen LogP contribution in [0.25, 0.3) is 11.2 Å². The van der Waals surface area contributed by atoms with Crippen molar-refractivity contribution in [3.8, 4) is 6.07 Å². The first-order chi connectivity index (χ1) is 15.0. The first kappa shape index (κ1) is 21.5. The van der Waals surface area contributed by atoms with Crippen molar-refractivity contribution in [3.63, 3.8) is 0 Å². The third-order valence-corrected chi connectivity index (χ3v) is 4.41. The smallest absolute Gasteiger partial charge is 0.355 e. The number of aromatic nitrogens is 3. The van der Waals surface area contributed by atoms with Gasteiger partial charge in [-0.05, 0) is 32.9 Å². The zero-order valence-corrected chi connectivity index (χ0v) is 17.4. The van der Waals surface area contributed by atoms with Gasteiger partial charge in [0.25, 0.3) is 0 Å². The zero-order chi connectivity index (χ0) is 22.4. The largest absolute Gasteiger partial charge is 0.462 e. The number of benzene rings is 1. The highest BCUT2D eigenvalue weighted by atomic mass is 16.5. The lowest BCUT2D eigenvalue weighted by atomic mass is 10.0. The number of carbonyl (C=O) groups is 2. The number of carbonyl (C=O) groups excluding carboxylic acids is 2. The molecular formula is C22H21N5O4. The minimum absolute atomic E-state index is 0.0370. The molecule has 2 aromatic heterocycles. The third-order valence-electron chi connectivity index (χ3n) is 4.41. The molecule has 1 aromatic carbocycles. The van der Waals surface area contributed by atoms with Crippen LogP contribution in [0.2, 0.25) is 0 Å². The number of hydrogen-bond acceptors (Lipinski definition) is 8. The van der Waals surface area contributed by atoms with Gasteiger partial charge in [-0.2, -0.15) is 10.4 Å². The molecule has 0 radical (unpaired) electrons. The summed E-state index contributed by atoms with van der Waals surface area (Å²) in [7, 11) is 0. The first-order valence-electron chi connectivity index (χ1n) is 9.66. The van der Waals surface area contributed by atoms with Crippen LogP contribution in [0.4, 0.5) is 5.69 Å². The molecule has 0 fully saturated rings. The topological polar surface area (TPSA) is 119 Å². The lowest BCUT2D eigenvalue weighted by Gasteiger charge is -2.17. The summed E-state index contributed by atoms with van der Waals surface area (Å²) in [6, 6.07) is 10.9. The summed E-state index contributed by atoms with van der Waals surface area (Å²) in [6.07, 6.45) is 2.81. The van der Waals surface area contributed by atoms with E-state index in [9.17, 15) is 14.9 Å².